The molecule has 1 heterocycles. The number of carbonyl (C=O) groups excluding carboxylic acids is 1. The largest absolute Gasteiger partial charge is 0.478 e. The second kappa shape index (κ2) is 7.25. The van der Waals surface area contributed by atoms with Crippen molar-refractivity contribution in [1.29, 1.82) is 0 Å². The van der Waals surface area contributed by atoms with Gasteiger partial charge in [0.2, 0.25) is 12.7 Å². The number of ether oxygens (including phenoxy) is 2. The first-order valence-electron chi connectivity index (χ1n) is 8.04. The predicted molar refractivity (Wildman–Crippen MR) is 90.8 cm³/mol. The van der Waals surface area contributed by atoms with Gasteiger partial charge in [-0.25, -0.2) is 4.79 Å². The Hall–Kier alpha value is -3.02. The number of benzene rings is 2. The van der Waals surface area contributed by atoms with E-state index in [1.807, 2.05) is 25.1 Å². The molecule has 0 radical (unpaired) electrons. The average Bonchev–Trinajstić information content (AvgIpc) is 3.07. The first-order chi connectivity index (χ1) is 12.0. The lowest BCUT2D eigenvalue weighted by atomic mass is 10.0. The number of hydrogen-bond donors (Lipinski definition) is 2. The Labute approximate surface area is 145 Å². The summed E-state index contributed by atoms with van der Waals surface area (Å²) in [5, 5.41) is 12.1. The van der Waals surface area contributed by atoms with Crippen LogP contribution in [0.15, 0.2) is 42.5 Å². The van der Waals surface area contributed by atoms with Crippen LogP contribution in [0.3, 0.4) is 0 Å². The molecule has 1 aliphatic rings. The quantitative estimate of drug-likeness (QED) is 0.844. The van der Waals surface area contributed by atoms with E-state index in [2.05, 4.69) is 5.32 Å². The smallest absolute Gasteiger partial charge is 0.335 e. The summed E-state index contributed by atoms with van der Waals surface area (Å²) in [6.45, 7) is 2.10. The number of aromatic carboxylic acids is 1. The molecule has 0 aliphatic carbocycles. The van der Waals surface area contributed by atoms with Crippen molar-refractivity contribution in [2.45, 2.75) is 25.8 Å². The van der Waals surface area contributed by atoms with Crippen LogP contribution in [-0.4, -0.2) is 23.8 Å². The van der Waals surface area contributed by atoms with Crippen molar-refractivity contribution in [1.82, 2.24) is 5.32 Å². The molecule has 1 unspecified atom stereocenters. The zero-order chi connectivity index (χ0) is 17.8. The molecule has 2 aromatic rings. The first kappa shape index (κ1) is 16.8. The molecular formula is C19H19NO5. The number of carbonyl (C=O) groups is 2. The number of nitrogens with one attached hydrogen (secondary N) is 1. The molecule has 3 rings (SSSR count). The molecule has 1 atom stereocenters. The van der Waals surface area contributed by atoms with Crippen LogP contribution in [0.2, 0.25) is 0 Å². The monoisotopic (exact) mass is 341 g/mol. The Kier molecular flexibility index (Phi) is 4.88. The Morgan fingerprint density at radius 3 is 2.72 bits per heavy atom. The highest BCUT2D eigenvalue weighted by Crippen LogP contribution is 2.34. The number of rotatable bonds is 6. The van der Waals surface area contributed by atoms with Gasteiger partial charge in [-0.2, -0.15) is 0 Å². The fourth-order valence-corrected chi connectivity index (χ4v) is 2.77. The molecule has 6 heteroatoms. The summed E-state index contributed by atoms with van der Waals surface area (Å²) < 4.78 is 10.6. The van der Waals surface area contributed by atoms with Gasteiger partial charge in [0.1, 0.15) is 0 Å². The number of hydrogen-bond acceptors (Lipinski definition) is 4. The SMILES string of the molecule is CC(NC(=O)CCc1ccccc1C(=O)O)c1ccc2c(c1)OCO2. The van der Waals surface area contributed by atoms with E-state index in [4.69, 9.17) is 9.47 Å². The van der Waals surface area contributed by atoms with Gasteiger partial charge in [-0.05, 0) is 42.7 Å². The Morgan fingerprint density at radius 1 is 1.16 bits per heavy atom. The van der Waals surface area contributed by atoms with E-state index in [0.717, 1.165) is 5.56 Å². The average molecular weight is 341 g/mol. The minimum atomic E-state index is -0.982. The van der Waals surface area contributed by atoms with Gasteiger partial charge in [0.05, 0.1) is 11.6 Å². The molecule has 2 N–H and O–H groups in total. The third-order valence-corrected chi connectivity index (χ3v) is 4.14. The maximum absolute atomic E-state index is 12.2. The van der Waals surface area contributed by atoms with Crippen LogP contribution < -0.4 is 14.8 Å². The summed E-state index contributed by atoms with van der Waals surface area (Å²) in [5.41, 5.74) is 1.81. The topological polar surface area (TPSA) is 84.9 Å². The number of carboxylic acid groups (broad SMARTS) is 1. The van der Waals surface area contributed by atoms with Crippen LogP contribution in [-0.2, 0) is 11.2 Å². The molecule has 1 aliphatic heterocycles. The standard InChI is InChI=1S/C19H19NO5/c1-12(14-6-8-16-17(10-14)25-11-24-16)20-18(21)9-7-13-4-2-3-5-15(13)19(22)23/h2-6,8,10,12H,7,9,11H2,1H3,(H,20,21)(H,22,23). The lowest BCUT2D eigenvalue weighted by Crippen LogP contribution is -2.27. The van der Waals surface area contributed by atoms with Crippen molar-refractivity contribution in [3.05, 3.63) is 59.2 Å². The molecule has 1 amide bonds. The predicted octanol–water partition coefficient (Wildman–Crippen LogP) is 2.92. The molecule has 0 spiro atoms. The van der Waals surface area contributed by atoms with Crippen LogP contribution in [0.25, 0.3) is 0 Å². The normalized spacial score (nSPS) is 13.3. The van der Waals surface area contributed by atoms with E-state index in [1.54, 1.807) is 24.3 Å². The minimum absolute atomic E-state index is 0.134. The third-order valence-electron chi connectivity index (χ3n) is 4.14. The van der Waals surface area contributed by atoms with Crippen molar-refractivity contribution < 1.29 is 24.2 Å². The fraction of sp³-hybridized carbons (Fsp3) is 0.263. The summed E-state index contributed by atoms with van der Waals surface area (Å²) >= 11 is 0. The Morgan fingerprint density at radius 2 is 1.92 bits per heavy atom. The summed E-state index contributed by atoms with van der Waals surface area (Å²) in [7, 11) is 0. The van der Waals surface area contributed by atoms with E-state index < -0.39 is 5.97 Å². The maximum Gasteiger partial charge on any atom is 0.335 e. The van der Waals surface area contributed by atoms with Gasteiger partial charge >= 0.3 is 5.97 Å². The van der Waals surface area contributed by atoms with Crippen molar-refractivity contribution >= 4 is 11.9 Å². The number of carboxylic acids is 1. The lowest BCUT2D eigenvalue weighted by Gasteiger charge is -2.15. The highest BCUT2D eigenvalue weighted by atomic mass is 16.7. The summed E-state index contributed by atoms with van der Waals surface area (Å²) in [5.74, 6) is 0.261. The van der Waals surface area contributed by atoms with Crippen LogP contribution in [0.4, 0.5) is 0 Å². The van der Waals surface area contributed by atoms with E-state index in [9.17, 15) is 14.7 Å². The van der Waals surface area contributed by atoms with Crippen LogP contribution in [0.1, 0.15) is 40.9 Å². The van der Waals surface area contributed by atoms with Crippen molar-refractivity contribution in [3.63, 3.8) is 0 Å². The molecule has 0 saturated carbocycles. The molecule has 25 heavy (non-hydrogen) atoms. The number of fused-ring (bicyclic) bond motifs is 1. The van der Waals surface area contributed by atoms with Crippen molar-refractivity contribution in [3.8, 4) is 11.5 Å². The molecule has 6 nitrogen and oxygen atoms in total. The van der Waals surface area contributed by atoms with Crippen LogP contribution in [0.5, 0.6) is 11.5 Å². The third kappa shape index (κ3) is 3.91. The van der Waals surface area contributed by atoms with E-state index in [-0.39, 0.29) is 30.7 Å². The van der Waals surface area contributed by atoms with Gasteiger partial charge in [-0.1, -0.05) is 24.3 Å². The molecule has 130 valence electrons. The fourth-order valence-electron chi connectivity index (χ4n) is 2.77. The zero-order valence-electron chi connectivity index (χ0n) is 13.8. The first-order valence-corrected chi connectivity index (χ1v) is 8.04. The van der Waals surface area contributed by atoms with Gasteiger partial charge in [0.25, 0.3) is 0 Å². The maximum atomic E-state index is 12.2. The Bertz CT molecular complexity index is 802. The molecule has 0 fully saturated rings. The number of aryl methyl sites for hydroxylation is 1. The second-order valence-corrected chi connectivity index (χ2v) is 5.86. The van der Waals surface area contributed by atoms with E-state index in [1.165, 1.54) is 0 Å². The lowest BCUT2D eigenvalue weighted by molar-refractivity contribution is -0.121. The van der Waals surface area contributed by atoms with Gasteiger partial charge in [-0.15, -0.1) is 0 Å². The number of amides is 1. The van der Waals surface area contributed by atoms with Crippen molar-refractivity contribution in [2.75, 3.05) is 6.79 Å². The van der Waals surface area contributed by atoms with Gasteiger partial charge in [-0.3, -0.25) is 4.79 Å². The second-order valence-electron chi connectivity index (χ2n) is 5.86. The van der Waals surface area contributed by atoms with E-state index in [0.29, 0.717) is 23.5 Å². The van der Waals surface area contributed by atoms with Crippen molar-refractivity contribution in [2.24, 2.45) is 0 Å². The summed E-state index contributed by atoms with van der Waals surface area (Å²) in [6, 6.07) is 12.1. The molecule has 0 saturated heterocycles. The van der Waals surface area contributed by atoms with Gasteiger partial charge in [0.15, 0.2) is 11.5 Å². The molecular weight excluding hydrogens is 322 g/mol. The van der Waals surface area contributed by atoms with Crippen LogP contribution >= 0.6 is 0 Å². The summed E-state index contributed by atoms with van der Waals surface area (Å²) in [4.78, 5) is 23.4. The zero-order valence-corrected chi connectivity index (χ0v) is 13.8. The van der Waals surface area contributed by atoms with Crippen LogP contribution in [0, 0.1) is 0 Å². The Balaban J connectivity index is 1.58. The molecule has 0 bridgehead atoms. The van der Waals surface area contributed by atoms with Gasteiger partial charge in [0, 0.05) is 6.42 Å². The minimum Gasteiger partial charge on any atom is -0.478 e. The van der Waals surface area contributed by atoms with E-state index >= 15 is 0 Å². The molecule has 0 aromatic heterocycles. The highest BCUT2D eigenvalue weighted by Gasteiger charge is 2.17. The van der Waals surface area contributed by atoms with Gasteiger partial charge < -0.3 is 19.9 Å². The summed E-state index contributed by atoms with van der Waals surface area (Å²) in [6.07, 6.45) is 0.599. The highest BCUT2D eigenvalue weighted by molar-refractivity contribution is 5.89. The molecule has 2 aromatic carbocycles.